The molecule has 0 aromatic heterocycles. The van der Waals surface area contributed by atoms with Gasteiger partial charge in [-0.05, 0) is 13.8 Å². The fourth-order valence-electron chi connectivity index (χ4n) is 3.59. The van der Waals surface area contributed by atoms with Gasteiger partial charge in [0.25, 0.3) is 0 Å². The molecule has 0 aromatic carbocycles. The topological polar surface area (TPSA) is 329 Å². The second-order valence-corrected chi connectivity index (χ2v) is 11.7. The maximum Gasteiger partial charge on any atom is 0.397 e. The van der Waals surface area contributed by atoms with Crippen LogP contribution in [0.4, 0.5) is 0 Å². The Labute approximate surface area is 221 Å². The molecular weight excluding hydrogens is 610 g/mol. The summed E-state index contributed by atoms with van der Waals surface area (Å²) in [5.74, 6) is -1.87. The minimum atomic E-state index is -5.35. The zero-order chi connectivity index (χ0) is 30.1. The Morgan fingerprint density at radius 1 is 0.872 bits per heavy atom. The Morgan fingerprint density at radius 3 is 1.92 bits per heavy atom. The zero-order valence-corrected chi connectivity index (χ0v) is 22.2. The van der Waals surface area contributed by atoms with E-state index in [0.717, 1.165) is 0 Å². The van der Waals surface area contributed by atoms with Crippen LogP contribution >= 0.6 is 0 Å². The molecule has 2 rings (SSSR count). The molecular formula is C15H27NO20S3. The van der Waals surface area contributed by atoms with Gasteiger partial charge in [0.2, 0.25) is 0 Å². The van der Waals surface area contributed by atoms with E-state index in [1.54, 1.807) is 0 Å². The summed E-state index contributed by atoms with van der Waals surface area (Å²) in [6.45, 7) is 1.59. The molecule has 0 aromatic rings. The van der Waals surface area contributed by atoms with Gasteiger partial charge in [-0.3, -0.25) is 13.7 Å². The van der Waals surface area contributed by atoms with Gasteiger partial charge >= 0.3 is 37.1 Å². The summed E-state index contributed by atoms with van der Waals surface area (Å²) in [6.07, 6.45) is -20.7. The van der Waals surface area contributed by atoms with Crippen LogP contribution in [-0.2, 0) is 63.2 Å². The molecule has 2 heterocycles. The summed E-state index contributed by atoms with van der Waals surface area (Å²) in [6, 6.07) is -2.20. The van der Waals surface area contributed by atoms with Gasteiger partial charge in [0, 0.05) is 0 Å². The van der Waals surface area contributed by atoms with Crippen molar-refractivity contribution < 1.29 is 91.4 Å². The number of aliphatic carboxylic acids is 1. The normalized spacial score (nSPS) is 36.6. The largest absolute Gasteiger partial charge is 0.479 e. The quantitative estimate of drug-likeness (QED) is 0.0930. The number of nitrogens with one attached hydrogen (secondary N) is 1. The molecule has 0 bridgehead atoms. The van der Waals surface area contributed by atoms with E-state index in [0.29, 0.717) is 0 Å². The standard InChI is InChI=1S/C15H27NO20S3/c1-4(2)32-15-11(36-39(28,29)30)9(19)10(12(35-15)13(20)21)34-14-6(16-37(22,23)24)8(18)7(17)5(33-14)3-31-38(25,26)27/h4-12,14-19H,3H2,1-2H3,(H,20,21)(H,22,23,24)(H,25,26,27)(H,28,29,30)/t5-,6-,7-,8-,9+,10+,11-,12+,14-,15-/m1/s1. The Balaban J connectivity index is 2.48. The molecule has 2 fully saturated rings. The number of ether oxygens (including phenoxy) is 4. The summed E-state index contributed by atoms with van der Waals surface area (Å²) in [5, 5.41) is 41.0. The van der Waals surface area contributed by atoms with Gasteiger partial charge in [0.15, 0.2) is 24.8 Å². The third kappa shape index (κ3) is 9.99. The van der Waals surface area contributed by atoms with Gasteiger partial charge < -0.3 is 39.4 Å². The number of carbonyl (C=O) groups is 1. The zero-order valence-electron chi connectivity index (χ0n) is 19.7. The minimum Gasteiger partial charge on any atom is -0.479 e. The molecule has 2 aliphatic heterocycles. The van der Waals surface area contributed by atoms with Crippen LogP contribution in [0.15, 0.2) is 0 Å². The smallest absolute Gasteiger partial charge is 0.397 e. The third-order valence-corrected chi connectivity index (χ3v) is 6.53. The first-order valence-corrected chi connectivity index (χ1v) is 14.7. The summed E-state index contributed by atoms with van der Waals surface area (Å²) >= 11 is 0. The lowest BCUT2D eigenvalue weighted by Gasteiger charge is -2.46. The number of hydrogen-bond donors (Lipinski definition) is 8. The Kier molecular flexibility index (Phi) is 11.1. The highest BCUT2D eigenvalue weighted by Gasteiger charge is 2.55. The molecule has 0 spiro atoms. The molecule has 2 saturated heterocycles. The summed E-state index contributed by atoms with van der Waals surface area (Å²) in [7, 11) is -15.7. The van der Waals surface area contributed by atoms with Gasteiger partial charge in [0.1, 0.15) is 36.6 Å². The highest BCUT2D eigenvalue weighted by molar-refractivity contribution is 7.83. The van der Waals surface area contributed by atoms with Crippen LogP contribution in [0.2, 0.25) is 0 Å². The van der Waals surface area contributed by atoms with Crippen LogP contribution in [0.1, 0.15) is 13.8 Å². The number of carboxylic acids is 1. The van der Waals surface area contributed by atoms with E-state index in [1.807, 2.05) is 0 Å². The van der Waals surface area contributed by atoms with E-state index in [4.69, 9.17) is 28.1 Å². The molecule has 10 atom stereocenters. The molecule has 0 amide bonds. The van der Waals surface area contributed by atoms with E-state index in [-0.39, 0.29) is 0 Å². The molecule has 0 aliphatic carbocycles. The SMILES string of the molecule is CC(C)O[C@@H]1O[C@H](C(=O)O)[C@@H](O[C@H]2O[C@H](COS(=O)(=O)O)[C@@H](O)[C@H](O)[C@H]2NS(=O)(=O)O)[C@H](O)[C@H]1OS(=O)(=O)O. The van der Waals surface area contributed by atoms with Crippen LogP contribution in [0.25, 0.3) is 0 Å². The van der Waals surface area contributed by atoms with Gasteiger partial charge in [-0.25, -0.2) is 13.2 Å². The lowest BCUT2D eigenvalue weighted by molar-refractivity contribution is -0.340. The molecule has 2 aliphatic rings. The fourth-order valence-corrected chi connectivity index (χ4v) is 4.97. The lowest BCUT2D eigenvalue weighted by atomic mass is 9.96. The summed E-state index contributed by atoms with van der Waals surface area (Å²) in [4.78, 5) is 11.9. The maximum absolute atomic E-state index is 11.9. The van der Waals surface area contributed by atoms with Crippen molar-refractivity contribution in [2.24, 2.45) is 0 Å². The minimum absolute atomic E-state index is 0.785. The van der Waals surface area contributed by atoms with Crippen LogP contribution in [-0.4, -0.2) is 139 Å². The van der Waals surface area contributed by atoms with Crippen molar-refractivity contribution in [3.8, 4) is 0 Å². The van der Waals surface area contributed by atoms with Crippen molar-refractivity contribution in [3.05, 3.63) is 0 Å². The van der Waals surface area contributed by atoms with E-state index in [2.05, 4.69) is 8.37 Å². The highest BCUT2D eigenvalue weighted by atomic mass is 32.3. The van der Waals surface area contributed by atoms with E-state index < -0.39 is 111 Å². The van der Waals surface area contributed by atoms with Crippen LogP contribution in [0.5, 0.6) is 0 Å². The first-order valence-electron chi connectivity index (χ1n) is 10.5. The van der Waals surface area contributed by atoms with Gasteiger partial charge in [-0.1, -0.05) is 0 Å². The number of hydrogen-bond acceptors (Lipinski definition) is 16. The van der Waals surface area contributed by atoms with Crippen LogP contribution in [0.3, 0.4) is 0 Å². The molecule has 0 saturated carbocycles. The fraction of sp³-hybridized carbons (Fsp3) is 0.933. The van der Waals surface area contributed by atoms with Gasteiger partial charge in [-0.15, -0.1) is 0 Å². The van der Waals surface area contributed by atoms with E-state index in [9.17, 15) is 55.0 Å². The molecule has 39 heavy (non-hydrogen) atoms. The lowest BCUT2D eigenvalue weighted by Crippen LogP contribution is -2.68. The number of carboxylic acid groups (broad SMARTS) is 1. The second-order valence-electron chi connectivity index (χ2n) is 8.38. The average Bonchev–Trinajstić information content (AvgIpc) is 2.73. The van der Waals surface area contributed by atoms with E-state index in [1.165, 1.54) is 18.6 Å². The predicted molar refractivity (Wildman–Crippen MR) is 116 cm³/mol. The predicted octanol–water partition coefficient (Wildman–Crippen LogP) is -4.82. The highest BCUT2D eigenvalue weighted by Crippen LogP contribution is 2.32. The van der Waals surface area contributed by atoms with Gasteiger partial charge in [-0.2, -0.15) is 30.0 Å². The van der Waals surface area contributed by atoms with Crippen molar-refractivity contribution in [2.75, 3.05) is 6.61 Å². The summed E-state index contributed by atoms with van der Waals surface area (Å²) in [5.41, 5.74) is 0. The van der Waals surface area contributed by atoms with Crippen molar-refractivity contribution in [1.82, 2.24) is 4.72 Å². The molecule has 0 radical (unpaired) electrons. The Morgan fingerprint density at radius 2 is 1.46 bits per heavy atom. The van der Waals surface area contributed by atoms with Crippen molar-refractivity contribution in [2.45, 2.75) is 81.3 Å². The van der Waals surface area contributed by atoms with Crippen molar-refractivity contribution in [3.63, 3.8) is 0 Å². The van der Waals surface area contributed by atoms with Crippen molar-refractivity contribution >= 4 is 37.1 Å². The van der Waals surface area contributed by atoms with Crippen LogP contribution in [0, 0.1) is 0 Å². The van der Waals surface area contributed by atoms with Gasteiger partial charge in [0.05, 0.1) is 12.7 Å². The monoisotopic (exact) mass is 637 g/mol. The third-order valence-electron chi connectivity index (χ3n) is 5.06. The molecule has 21 nitrogen and oxygen atoms in total. The average molecular weight is 638 g/mol. The first kappa shape index (κ1) is 34.0. The molecule has 0 unspecified atom stereocenters. The van der Waals surface area contributed by atoms with Crippen molar-refractivity contribution in [1.29, 1.82) is 0 Å². The maximum atomic E-state index is 11.9. The Hall–Kier alpha value is -1.20. The molecule has 24 heteroatoms. The van der Waals surface area contributed by atoms with Crippen LogP contribution < -0.4 is 4.72 Å². The first-order chi connectivity index (χ1) is 17.6. The number of aliphatic hydroxyl groups is 3. The second kappa shape index (κ2) is 12.8. The summed E-state index contributed by atoms with van der Waals surface area (Å²) < 4.78 is 125. The molecule has 230 valence electrons. The molecule has 8 N–H and O–H groups in total. The number of rotatable bonds is 12. The van der Waals surface area contributed by atoms with E-state index >= 15 is 0 Å². The number of aliphatic hydroxyl groups excluding tert-OH is 3. The Bertz CT molecular complexity index is 1170.